The highest BCUT2D eigenvalue weighted by Crippen LogP contribution is 2.23. The molecule has 4 atom stereocenters. The first-order valence-corrected chi connectivity index (χ1v) is 10.5. The van der Waals surface area contributed by atoms with E-state index in [9.17, 15) is 19.2 Å². The van der Waals surface area contributed by atoms with Crippen molar-refractivity contribution in [2.45, 2.75) is 85.4 Å². The molecule has 172 valence electrons. The molecule has 0 spiro atoms. The summed E-state index contributed by atoms with van der Waals surface area (Å²) in [6.07, 6.45) is 1.92. The van der Waals surface area contributed by atoms with E-state index in [4.69, 9.17) is 11.5 Å². The first kappa shape index (κ1) is 25.9. The van der Waals surface area contributed by atoms with Gasteiger partial charge in [-0.2, -0.15) is 0 Å². The average molecular weight is 426 g/mol. The van der Waals surface area contributed by atoms with Gasteiger partial charge < -0.3 is 27.4 Å². The number of hydrogen-bond acceptors (Lipinski definition) is 5. The van der Waals surface area contributed by atoms with Crippen molar-refractivity contribution in [3.63, 3.8) is 0 Å². The third kappa shape index (κ3) is 8.30. The quantitative estimate of drug-likeness (QED) is 0.375. The van der Waals surface area contributed by atoms with Crippen molar-refractivity contribution in [1.29, 1.82) is 0 Å². The second-order valence-electron chi connectivity index (χ2n) is 10.5. The monoisotopic (exact) mass is 425 g/mol. The van der Waals surface area contributed by atoms with E-state index in [1.165, 1.54) is 0 Å². The minimum absolute atomic E-state index is 0.130. The van der Waals surface area contributed by atoms with Gasteiger partial charge in [0, 0.05) is 12.5 Å². The number of carbonyl (C=O) groups is 4. The lowest BCUT2D eigenvalue weighted by atomic mass is 9.85. The highest BCUT2D eigenvalue weighted by atomic mass is 16.2. The molecule has 1 heterocycles. The summed E-state index contributed by atoms with van der Waals surface area (Å²) in [6.45, 7) is 12.0. The van der Waals surface area contributed by atoms with E-state index in [1.807, 2.05) is 41.5 Å². The van der Waals surface area contributed by atoms with Gasteiger partial charge in [-0.25, -0.2) is 0 Å². The molecule has 0 saturated carbocycles. The van der Waals surface area contributed by atoms with E-state index in [0.29, 0.717) is 19.4 Å². The molecule has 1 fully saturated rings. The van der Waals surface area contributed by atoms with Gasteiger partial charge in [0.25, 0.3) is 0 Å². The van der Waals surface area contributed by atoms with Gasteiger partial charge in [-0.05, 0) is 36.5 Å². The van der Waals surface area contributed by atoms with E-state index in [0.717, 1.165) is 6.42 Å². The van der Waals surface area contributed by atoms with Crippen LogP contribution in [-0.2, 0) is 19.2 Å². The molecule has 1 aliphatic rings. The molecule has 1 aliphatic heterocycles. The van der Waals surface area contributed by atoms with E-state index in [1.54, 1.807) is 0 Å². The molecule has 7 N–H and O–H groups in total. The third-order valence-electron chi connectivity index (χ3n) is 5.24. The molecule has 30 heavy (non-hydrogen) atoms. The van der Waals surface area contributed by atoms with Crippen LogP contribution in [0.1, 0.15) is 67.2 Å². The van der Waals surface area contributed by atoms with Crippen LogP contribution in [0, 0.1) is 16.7 Å². The first-order valence-electron chi connectivity index (χ1n) is 10.5. The number of piperidine rings is 1. The van der Waals surface area contributed by atoms with Gasteiger partial charge in [0.05, 0.1) is 6.04 Å². The summed E-state index contributed by atoms with van der Waals surface area (Å²) in [5.74, 6) is -2.19. The van der Waals surface area contributed by atoms with Crippen LogP contribution >= 0.6 is 0 Å². The van der Waals surface area contributed by atoms with Gasteiger partial charge >= 0.3 is 0 Å². The van der Waals surface area contributed by atoms with Crippen molar-refractivity contribution >= 4 is 23.6 Å². The maximum Gasteiger partial charge on any atom is 0.243 e. The Balaban J connectivity index is 2.93. The maximum atomic E-state index is 13.0. The lowest BCUT2D eigenvalue weighted by Gasteiger charge is -2.31. The summed E-state index contributed by atoms with van der Waals surface area (Å²) in [4.78, 5) is 49.6. The zero-order valence-electron chi connectivity index (χ0n) is 19.1. The van der Waals surface area contributed by atoms with Crippen LogP contribution in [0.5, 0.6) is 0 Å². The van der Waals surface area contributed by atoms with Gasteiger partial charge in [-0.1, -0.05) is 41.5 Å². The Labute approximate surface area is 179 Å². The Morgan fingerprint density at radius 3 is 2.10 bits per heavy atom. The van der Waals surface area contributed by atoms with Crippen LogP contribution in [0.15, 0.2) is 0 Å². The fraction of sp³-hybridized carbons (Fsp3) is 0.810. The van der Waals surface area contributed by atoms with Gasteiger partial charge in [-0.15, -0.1) is 0 Å². The molecule has 9 nitrogen and oxygen atoms in total. The number of nitrogens with one attached hydrogen (secondary N) is 3. The number of rotatable bonds is 8. The van der Waals surface area contributed by atoms with Gasteiger partial charge in [0.2, 0.25) is 23.6 Å². The second kappa shape index (κ2) is 10.2. The van der Waals surface area contributed by atoms with Gasteiger partial charge in [-0.3, -0.25) is 19.2 Å². The summed E-state index contributed by atoms with van der Waals surface area (Å²) in [6, 6.07) is -2.68. The predicted octanol–water partition coefficient (Wildman–Crippen LogP) is 0.167. The Morgan fingerprint density at radius 1 is 1.07 bits per heavy atom. The lowest BCUT2D eigenvalue weighted by molar-refractivity contribution is -0.134. The fourth-order valence-electron chi connectivity index (χ4n) is 3.34. The minimum Gasteiger partial charge on any atom is -0.368 e. The Morgan fingerprint density at radius 2 is 1.63 bits per heavy atom. The molecule has 4 amide bonds. The van der Waals surface area contributed by atoms with Crippen LogP contribution in [0.2, 0.25) is 0 Å². The van der Waals surface area contributed by atoms with Gasteiger partial charge in [0.15, 0.2) is 0 Å². The van der Waals surface area contributed by atoms with Crippen molar-refractivity contribution in [1.82, 2.24) is 16.0 Å². The standard InChI is InChI=1S/C21H39N5O4/c1-20(2,3)11-14(26-19(30)15(22)21(4,5)6)18(29)25-13(16(23)27)10-12-8-7-9-24-17(12)28/h12-15H,7-11,22H2,1-6H3,(H2,23,27)(H,24,28)(H,25,29)(H,26,30)/t12-,13-,14-,15+/m0/s1. The SMILES string of the molecule is CC(C)(C)C[C@H](NC(=O)[C@@H](N)C(C)(C)C)C(=O)N[C@@H](C[C@@H]1CCCNC1=O)C(N)=O. The first-order chi connectivity index (χ1) is 13.6. The zero-order valence-corrected chi connectivity index (χ0v) is 19.1. The van der Waals surface area contributed by atoms with Crippen LogP contribution < -0.4 is 27.4 Å². The number of hydrogen-bond donors (Lipinski definition) is 5. The number of nitrogens with two attached hydrogens (primary N) is 2. The van der Waals surface area contributed by atoms with Crippen molar-refractivity contribution in [3.8, 4) is 0 Å². The van der Waals surface area contributed by atoms with Crippen molar-refractivity contribution in [3.05, 3.63) is 0 Å². The largest absolute Gasteiger partial charge is 0.368 e. The highest BCUT2D eigenvalue weighted by Gasteiger charge is 2.35. The zero-order chi connectivity index (χ0) is 23.3. The summed E-state index contributed by atoms with van der Waals surface area (Å²) in [7, 11) is 0. The number of primary amides is 1. The molecule has 9 heteroatoms. The van der Waals surface area contributed by atoms with E-state index in [-0.39, 0.29) is 23.7 Å². The Bertz CT molecular complexity index is 651. The number of carbonyl (C=O) groups excluding carboxylic acids is 4. The molecule has 1 saturated heterocycles. The molecule has 0 radical (unpaired) electrons. The maximum absolute atomic E-state index is 13.0. The second-order valence-corrected chi connectivity index (χ2v) is 10.5. The summed E-state index contributed by atoms with van der Waals surface area (Å²) in [5.41, 5.74) is 10.8. The molecule has 1 rings (SSSR count). The van der Waals surface area contributed by atoms with Gasteiger partial charge in [0.1, 0.15) is 12.1 Å². The van der Waals surface area contributed by atoms with E-state index in [2.05, 4.69) is 16.0 Å². The smallest absolute Gasteiger partial charge is 0.243 e. The molecule has 0 aromatic heterocycles. The van der Waals surface area contributed by atoms with Crippen molar-refractivity contribution in [2.75, 3.05) is 6.54 Å². The summed E-state index contributed by atoms with van der Waals surface area (Å²) in [5, 5.41) is 8.13. The van der Waals surface area contributed by atoms with Crippen LogP contribution in [0.25, 0.3) is 0 Å². The van der Waals surface area contributed by atoms with Crippen LogP contribution in [0.3, 0.4) is 0 Å². The molecule has 0 unspecified atom stereocenters. The summed E-state index contributed by atoms with van der Waals surface area (Å²) >= 11 is 0. The molecule has 0 aromatic carbocycles. The molecular weight excluding hydrogens is 386 g/mol. The van der Waals surface area contributed by atoms with E-state index < -0.39 is 41.3 Å². The molecule has 0 aromatic rings. The highest BCUT2D eigenvalue weighted by molar-refractivity contribution is 5.93. The predicted molar refractivity (Wildman–Crippen MR) is 115 cm³/mol. The van der Waals surface area contributed by atoms with Crippen LogP contribution in [0.4, 0.5) is 0 Å². The van der Waals surface area contributed by atoms with Crippen molar-refractivity contribution in [2.24, 2.45) is 28.2 Å². The Kier molecular flexibility index (Phi) is 8.83. The minimum atomic E-state index is -0.998. The fourth-order valence-corrected chi connectivity index (χ4v) is 3.34. The van der Waals surface area contributed by atoms with E-state index >= 15 is 0 Å². The number of amides is 4. The lowest BCUT2D eigenvalue weighted by Crippen LogP contribution is -2.58. The molecule has 0 aliphatic carbocycles. The third-order valence-corrected chi connectivity index (χ3v) is 5.24. The topological polar surface area (TPSA) is 156 Å². The average Bonchev–Trinajstić information content (AvgIpc) is 2.59. The van der Waals surface area contributed by atoms with Crippen molar-refractivity contribution < 1.29 is 19.2 Å². The molecular formula is C21H39N5O4. The van der Waals surface area contributed by atoms with Crippen LogP contribution in [-0.4, -0.2) is 48.3 Å². The normalized spacial score (nSPS) is 20.5. The Hall–Kier alpha value is -2.16. The summed E-state index contributed by atoms with van der Waals surface area (Å²) < 4.78 is 0. The molecule has 0 bridgehead atoms.